The second kappa shape index (κ2) is 8.91. The van der Waals surface area contributed by atoms with Gasteiger partial charge in [0.15, 0.2) is 0 Å². The van der Waals surface area contributed by atoms with Crippen LogP contribution >= 0.6 is 0 Å². The van der Waals surface area contributed by atoms with Crippen LogP contribution in [0.1, 0.15) is 36.0 Å². The molecule has 0 fully saturated rings. The SMILES string of the molecule is CCC(=O)O/N=C(\Cc1ccccc1C)C1CN(c2ccccn2)c2ccccc21. The second-order valence-electron chi connectivity index (χ2n) is 7.41. The van der Waals surface area contributed by atoms with Crippen LogP contribution in [0.5, 0.6) is 0 Å². The minimum absolute atomic E-state index is 0.00692. The molecule has 4 rings (SSSR count). The van der Waals surface area contributed by atoms with Crippen LogP contribution < -0.4 is 4.90 Å². The first-order valence-electron chi connectivity index (χ1n) is 10.3. The van der Waals surface area contributed by atoms with Crippen molar-refractivity contribution in [2.75, 3.05) is 11.4 Å². The lowest BCUT2D eigenvalue weighted by atomic mass is 9.91. The van der Waals surface area contributed by atoms with Gasteiger partial charge in [-0.25, -0.2) is 9.78 Å². The Bertz CT molecular complexity index is 1060. The summed E-state index contributed by atoms with van der Waals surface area (Å²) in [6, 6.07) is 22.5. The molecule has 2 aromatic carbocycles. The van der Waals surface area contributed by atoms with Gasteiger partial charge in [-0.15, -0.1) is 0 Å². The highest BCUT2D eigenvalue weighted by atomic mass is 16.7. The number of carbonyl (C=O) groups is 1. The maximum Gasteiger partial charge on any atom is 0.334 e. The Kier molecular flexibility index (Phi) is 5.89. The quantitative estimate of drug-likeness (QED) is 0.326. The molecule has 30 heavy (non-hydrogen) atoms. The van der Waals surface area contributed by atoms with Crippen molar-refractivity contribution in [2.24, 2.45) is 5.16 Å². The number of rotatable bonds is 6. The standard InChI is InChI=1S/C25H25N3O2/c1-3-25(29)30-27-22(16-19-11-5-4-10-18(19)2)21-17-28(24-14-8-9-15-26-24)23-13-7-6-12-20(21)23/h4-15,21H,3,16-17H2,1-2H3/b27-22+. The Morgan fingerprint density at radius 3 is 2.63 bits per heavy atom. The molecular weight excluding hydrogens is 374 g/mol. The summed E-state index contributed by atoms with van der Waals surface area (Å²) in [4.78, 5) is 23.8. The number of nitrogens with zero attached hydrogens (tertiary/aromatic N) is 3. The van der Waals surface area contributed by atoms with Crippen LogP contribution in [0.25, 0.3) is 0 Å². The van der Waals surface area contributed by atoms with E-state index in [1.54, 1.807) is 13.1 Å². The Hall–Kier alpha value is -3.47. The molecule has 3 aromatic rings. The van der Waals surface area contributed by atoms with Gasteiger partial charge in [-0.2, -0.15) is 0 Å². The van der Waals surface area contributed by atoms with Crippen molar-refractivity contribution in [1.82, 2.24) is 4.98 Å². The van der Waals surface area contributed by atoms with Crippen molar-refractivity contribution in [1.29, 1.82) is 0 Å². The molecule has 1 unspecified atom stereocenters. The third kappa shape index (κ3) is 4.10. The summed E-state index contributed by atoms with van der Waals surface area (Å²) in [5.41, 5.74) is 5.50. The summed E-state index contributed by atoms with van der Waals surface area (Å²) in [6.07, 6.45) is 2.72. The van der Waals surface area contributed by atoms with Crippen LogP contribution in [0.2, 0.25) is 0 Å². The Balaban J connectivity index is 1.73. The number of fused-ring (bicyclic) bond motifs is 1. The van der Waals surface area contributed by atoms with Crippen molar-refractivity contribution >= 4 is 23.2 Å². The van der Waals surface area contributed by atoms with Gasteiger partial charge in [-0.3, -0.25) is 0 Å². The zero-order chi connectivity index (χ0) is 20.9. The number of carbonyl (C=O) groups excluding carboxylic acids is 1. The predicted octanol–water partition coefficient (Wildman–Crippen LogP) is 5.18. The van der Waals surface area contributed by atoms with Crippen LogP contribution in [-0.2, 0) is 16.1 Å². The van der Waals surface area contributed by atoms with Gasteiger partial charge in [0.25, 0.3) is 0 Å². The average molecular weight is 399 g/mol. The van der Waals surface area contributed by atoms with E-state index in [-0.39, 0.29) is 11.9 Å². The van der Waals surface area contributed by atoms with E-state index in [4.69, 9.17) is 4.84 Å². The van der Waals surface area contributed by atoms with Crippen molar-refractivity contribution in [2.45, 2.75) is 32.6 Å². The third-order valence-electron chi connectivity index (χ3n) is 5.48. The fourth-order valence-electron chi connectivity index (χ4n) is 3.82. The number of hydrogen-bond acceptors (Lipinski definition) is 5. The summed E-state index contributed by atoms with van der Waals surface area (Å²) in [7, 11) is 0. The van der Waals surface area contributed by atoms with Crippen molar-refractivity contribution < 1.29 is 9.63 Å². The molecule has 1 aliphatic heterocycles. The van der Waals surface area contributed by atoms with Crippen LogP contribution in [0, 0.1) is 6.92 Å². The molecule has 0 spiro atoms. The minimum Gasteiger partial charge on any atom is -0.325 e. The predicted molar refractivity (Wildman–Crippen MR) is 119 cm³/mol. The maximum atomic E-state index is 11.8. The molecule has 0 saturated heterocycles. The lowest BCUT2D eigenvalue weighted by molar-refractivity contribution is -0.143. The molecule has 1 atom stereocenters. The van der Waals surface area contributed by atoms with E-state index in [9.17, 15) is 4.79 Å². The summed E-state index contributed by atoms with van der Waals surface area (Å²) in [6.45, 7) is 4.56. The molecule has 5 nitrogen and oxygen atoms in total. The molecule has 1 aromatic heterocycles. The van der Waals surface area contributed by atoms with Gasteiger partial charge in [0, 0.05) is 37.2 Å². The summed E-state index contributed by atoms with van der Waals surface area (Å²) in [5.74, 6) is 0.575. The van der Waals surface area contributed by atoms with Crippen LogP contribution in [-0.4, -0.2) is 23.2 Å². The van der Waals surface area contributed by atoms with Crippen molar-refractivity contribution in [3.05, 3.63) is 89.6 Å². The van der Waals surface area contributed by atoms with Crippen LogP contribution in [0.4, 0.5) is 11.5 Å². The smallest absolute Gasteiger partial charge is 0.325 e. The first kappa shape index (κ1) is 19.8. The van der Waals surface area contributed by atoms with Crippen LogP contribution in [0.15, 0.2) is 78.1 Å². The lowest BCUT2D eigenvalue weighted by Crippen LogP contribution is -2.23. The number of hydrogen-bond donors (Lipinski definition) is 0. The van der Waals surface area contributed by atoms with Gasteiger partial charge < -0.3 is 9.74 Å². The van der Waals surface area contributed by atoms with Gasteiger partial charge in [0.05, 0.1) is 5.71 Å². The highest BCUT2D eigenvalue weighted by Crippen LogP contribution is 2.41. The zero-order valence-corrected chi connectivity index (χ0v) is 17.3. The molecule has 2 heterocycles. The van der Waals surface area contributed by atoms with Crippen LogP contribution in [0.3, 0.4) is 0 Å². The number of aromatic nitrogens is 1. The summed E-state index contributed by atoms with van der Waals surface area (Å²) >= 11 is 0. The largest absolute Gasteiger partial charge is 0.334 e. The Morgan fingerprint density at radius 2 is 1.87 bits per heavy atom. The van der Waals surface area contributed by atoms with E-state index >= 15 is 0 Å². The number of para-hydroxylation sites is 1. The van der Waals surface area contributed by atoms with E-state index in [1.807, 2.05) is 42.5 Å². The number of oxime groups is 1. The van der Waals surface area contributed by atoms with Gasteiger partial charge >= 0.3 is 5.97 Å². The fraction of sp³-hybridized carbons (Fsp3) is 0.240. The number of anilines is 2. The third-order valence-corrected chi connectivity index (χ3v) is 5.48. The molecule has 152 valence electrons. The van der Waals surface area contributed by atoms with Crippen molar-refractivity contribution in [3.63, 3.8) is 0 Å². The van der Waals surface area contributed by atoms with E-state index in [0.29, 0.717) is 19.4 Å². The Morgan fingerprint density at radius 1 is 1.10 bits per heavy atom. The maximum absolute atomic E-state index is 11.8. The zero-order valence-electron chi connectivity index (χ0n) is 17.3. The highest BCUT2D eigenvalue weighted by molar-refractivity contribution is 5.97. The van der Waals surface area contributed by atoms with Crippen molar-refractivity contribution in [3.8, 4) is 0 Å². The molecule has 0 amide bonds. The molecule has 0 aliphatic carbocycles. The summed E-state index contributed by atoms with van der Waals surface area (Å²) in [5, 5.41) is 4.36. The molecular formula is C25H25N3O2. The monoisotopic (exact) mass is 399 g/mol. The lowest BCUT2D eigenvalue weighted by Gasteiger charge is -2.19. The first-order valence-corrected chi connectivity index (χ1v) is 10.3. The number of benzene rings is 2. The van der Waals surface area contributed by atoms with Gasteiger partial charge in [0.2, 0.25) is 0 Å². The first-order chi connectivity index (χ1) is 14.7. The summed E-state index contributed by atoms with van der Waals surface area (Å²) < 4.78 is 0. The van der Waals surface area contributed by atoms with Gasteiger partial charge in [-0.05, 0) is 41.8 Å². The topological polar surface area (TPSA) is 54.8 Å². The van der Waals surface area contributed by atoms with Gasteiger partial charge in [0.1, 0.15) is 5.82 Å². The fourth-order valence-corrected chi connectivity index (χ4v) is 3.82. The normalized spacial score (nSPS) is 15.7. The van der Waals surface area contributed by atoms with E-state index in [2.05, 4.69) is 46.2 Å². The average Bonchev–Trinajstić information content (AvgIpc) is 3.18. The van der Waals surface area contributed by atoms with E-state index < -0.39 is 0 Å². The highest BCUT2D eigenvalue weighted by Gasteiger charge is 2.33. The molecule has 0 bridgehead atoms. The molecule has 0 saturated carbocycles. The minimum atomic E-state index is -0.329. The molecule has 5 heteroatoms. The van der Waals surface area contributed by atoms with Gasteiger partial charge in [-0.1, -0.05) is 60.6 Å². The van der Waals surface area contributed by atoms with E-state index in [1.165, 1.54) is 16.7 Å². The molecule has 0 N–H and O–H groups in total. The van der Waals surface area contributed by atoms with E-state index in [0.717, 1.165) is 17.2 Å². The number of pyridine rings is 1. The molecule has 0 radical (unpaired) electrons. The Labute approximate surface area is 177 Å². The number of aryl methyl sites for hydroxylation is 1. The second-order valence-corrected chi connectivity index (χ2v) is 7.41. The molecule has 1 aliphatic rings.